The maximum Gasteiger partial charge on any atom is 0.269 e. The largest absolute Gasteiger partial charge is 0.364 e. The summed E-state index contributed by atoms with van der Waals surface area (Å²) in [4.78, 5) is 40.2. The molecule has 0 radical (unpaired) electrons. The lowest BCUT2D eigenvalue weighted by molar-refractivity contribution is -0.140. The van der Waals surface area contributed by atoms with Crippen molar-refractivity contribution in [3.8, 4) is 0 Å². The Kier molecular flexibility index (Phi) is 4.35. The van der Waals surface area contributed by atoms with Crippen LogP contribution in [0.1, 0.15) is 61.9 Å². The average Bonchev–Trinajstić information content (AvgIpc) is 3.64. The summed E-state index contributed by atoms with van der Waals surface area (Å²) in [7, 11) is 0. The van der Waals surface area contributed by atoms with Crippen molar-refractivity contribution in [3.63, 3.8) is 0 Å². The van der Waals surface area contributed by atoms with Crippen molar-refractivity contribution in [2.75, 3.05) is 0 Å². The highest BCUT2D eigenvalue weighted by molar-refractivity contribution is 6.04. The fourth-order valence-electron chi connectivity index (χ4n) is 6.19. The van der Waals surface area contributed by atoms with E-state index in [0.29, 0.717) is 22.2 Å². The molecule has 2 heterocycles. The number of nitrogens with one attached hydrogen (secondary N) is 1. The third-order valence-corrected chi connectivity index (χ3v) is 8.11. The molecule has 1 spiro atoms. The van der Waals surface area contributed by atoms with Crippen LogP contribution in [0.5, 0.6) is 0 Å². The third-order valence-electron chi connectivity index (χ3n) is 8.11. The lowest BCUT2D eigenvalue weighted by Crippen LogP contribution is -2.51. The first kappa shape index (κ1) is 19.8. The number of nitrogens with zero attached hydrogens (tertiary/aromatic N) is 3. The maximum absolute atomic E-state index is 13.4. The Morgan fingerprint density at radius 3 is 2.75 bits per heavy atom. The van der Waals surface area contributed by atoms with Crippen LogP contribution in [0.3, 0.4) is 0 Å². The van der Waals surface area contributed by atoms with E-state index in [1.165, 1.54) is 25.7 Å². The number of carbonyl (C=O) groups excluding carboxylic acids is 3. The minimum absolute atomic E-state index is 0.00333. The van der Waals surface area contributed by atoms with Gasteiger partial charge in [0.15, 0.2) is 5.69 Å². The van der Waals surface area contributed by atoms with E-state index in [9.17, 15) is 14.4 Å². The van der Waals surface area contributed by atoms with Gasteiger partial charge in [-0.3, -0.25) is 19.1 Å². The Morgan fingerprint density at radius 2 is 1.97 bits per heavy atom. The third kappa shape index (κ3) is 3.27. The van der Waals surface area contributed by atoms with E-state index < -0.39 is 11.9 Å². The average molecular weight is 436 g/mol. The Labute approximate surface area is 186 Å². The topological polar surface area (TPSA) is 110 Å². The van der Waals surface area contributed by atoms with E-state index in [1.54, 1.807) is 15.6 Å². The molecule has 3 amide bonds. The van der Waals surface area contributed by atoms with Gasteiger partial charge in [-0.25, -0.2) is 0 Å². The number of piperidine rings is 1. The maximum atomic E-state index is 13.4. The van der Waals surface area contributed by atoms with Gasteiger partial charge in [0.1, 0.15) is 12.6 Å². The summed E-state index contributed by atoms with van der Waals surface area (Å²) in [5.74, 6) is -0.321. The van der Waals surface area contributed by atoms with Gasteiger partial charge >= 0.3 is 0 Å². The molecule has 3 saturated carbocycles. The molecular weight excluding hydrogens is 406 g/mol. The molecule has 3 aliphatic carbocycles. The molecule has 3 N–H and O–H groups in total. The standard InChI is InChI=1S/C24H29N5O3/c25-22(31)21-16-5-1-2-6-17(16)28(27-21)13-20(30)29-18-10-14(18)11-19(29)23(32)26-15-4-3-7-24(12-15)8-9-24/h1-2,5-6,14-15,18-19H,3-4,7-13H2,(H2,25,31)(H,26,32)/t14-,15-,18-,19+/m1/s1. The Balaban J connectivity index is 1.19. The highest BCUT2D eigenvalue weighted by Crippen LogP contribution is 2.56. The first-order valence-corrected chi connectivity index (χ1v) is 11.8. The minimum atomic E-state index is -0.617. The number of likely N-dealkylation sites (tertiary alicyclic amines) is 1. The van der Waals surface area contributed by atoms with E-state index in [2.05, 4.69) is 10.4 Å². The summed E-state index contributed by atoms with van der Waals surface area (Å²) in [6.07, 6.45) is 8.89. The number of nitrogens with two attached hydrogens (primary N) is 1. The SMILES string of the molecule is NC(=O)c1nn(CC(=O)N2[C@@H]3C[C@@H]3C[C@H]2C(=O)N[C@@H]2CCCC3(CC3)C2)c2ccccc12. The molecule has 1 aromatic carbocycles. The smallest absolute Gasteiger partial charge is 0.269 e. The summed E-state index contributed by atoms with van der Waals surface area (Å²) in [6.45, 7) is -0.00661. The van der Waals surface area contributed by atoms with E-state index in [0.717, 1.165) is 25.7 Å². The molecule has 32 heavy (non-hydrogen) atoms. The van der Waals surface area contributed by atoms with Gasteiger partial charge < -0.3 is 16.0 Å². The predicted molar refractivity (Wildman–Crippen MR) is 117 cm³/mol. The van der Waals surface area contributed by atoms with E-state index in [4.69, 9.17) is 5.73 Å². The number of amides is 3. The van der Waals surface area contributed by atoms with Crippen LogP contribution in [0.4, 0.5) is 0 Å². The summed E-state index contributed by atoms with van der Waals surface area (Å²) in [5, 5.41) is 8.24. The van der Waals surface area contributed by atoms with Gasteiger partial charge in [-0.1, -0.05) is 24.6 Å². The number of hydrogen-bond donors (Lipinski definition) is 2. The zero-order valence-electron chi connectivity index (χ0n) is 18.1. The number of para-hydroxylation sites is 1. The van der Waals surface area contributed by atoms with Gasteiger partial charge in [0.2, 0.25) is 11.8 Å². The molecule has 8 nitrogen and oxygen atoms in total. The number of rotatable bonds is 5. The van der Waals surface area contributed by atoms with Crippen LogP contribution in [0, 0.1) is 11.3 Å². The van der Waals surface area contributed by atoms with Crippen molar-refractivity contribution >= 4 is 28.6 Å². The van der Waals surface area contributed by atoms with Crippen LogP contribution in [-0.2, 0) is 16.1 Å². The number of carbonyl (C=O) groups is 3. The van der Waals surface area contributed by atoms with Crippen LogP contribution in [-0.4, -0.2) is 50.5 Å². The monoisotopic (exact) mass is 435 g/mol. The van der Waals surface area contributed by atoms with Gasteiger partial charge in [0, 0.05) is 17.5 Å². The van der Waals surface area contributed by atoms with Crippen molar-refractivity contribution in [2.45, 2.75) is 76.0 Å². The van der Waals surface area contributed by atoms with Gasteiger partial charge in [0.05, 0.1) is 5.52 Å². The molecule has 0 bridgehead atoms. The number of hydrogen-bond acceptors (Lipinski definition) is 4. The summed E-state index contributed by atoms with van der Waals surface area (Å²) in [5.41, 5.74) is 6.83. The summed E-state index contributed by atoms with van der Waals surface area (Å²) < 4.78 is 1.54. The van der Waals surface area contributed by atoms with Crippen LogP contribution in [0.2, 0.25) is 0 Å². The molecule has 4 aliphatic rings. The van der Waals surface area contributed by atoms with Crippen molar-refractivity contribution in [3.05, 3.63) is 30.0 Å². The molecule has 0 unspecified atom stereocenters. The van der Waals surface area contributed by atoms with Crippen molar-refractivity contribution in [1.82, 2.24) is 20.0 Å². The molecule has 2 aromatic rings. The quantitative estimate of drug-likeness (QED) is 0.748. The molecule has 1 aromatic heterocycles. The van der Waals surface area contributed by atoms with E-state index in [1.807, 2.05) is 18.2 Å². The molecule has 8 heteroatoms. The Morgan fingerprint density at radius 1 is 1.16 bits per heavy atom. The zero-order valence-corrected chi connectivity index (χ0v) is 18.1. The van der Waals surface area contributed by atoms with Gasteiger partial charge in [-0.2, -0.15) is 5.10 Å². The molecule has 1 aliphatic heterocycles. The van der Waals surface area contributed by atoms with Crippen molar-refractivity contribution in [1.29, 1.82) is 0 Å². The lowest BCUT2D eigenvalue weighted by atomic mass is 9.83. The Hall–Kier alpha value is -2.90. The summed E-state index contributed by atoms with van der Waals surface area (Å²) in [6, 6.07) is 7.25. The van der Waals surface area contributed by atoms with Crippen LogP contribution < -0.4 is 11.1 Å². The van der Waals surface area contributed by atoms with Gasteiger partial charge in [-0.15, -0.1) is 0 Å². The number of fused-ring (bicyclic) bond motifs is 2. The Bertz CT molecular complexity index is 1120. The van der Waals surface area contributed by atoms with E-state index >= 15 is 0 Å². The second kappa shape index (κ2) is 7.05. The van der Waals surface area contributed by atoms with Crippen molar-refractivity contribution in [2.24, 2.45) is 17.1 Å². The number of benzene rings is 1. The fourth-order valence-corrected chi connectivity index (χ4v) is 6.19. The molecule has 4 atom stereocenters. The molecule has 1 saturated heterocycles. The minimum Gasteiger partial charge on any atom is -0.364 e. The first-order valence-electron chi connectivity index (χ1n) is 11.8. The van der Waals surface area contributed by atoms with Crippen LogP contribution in [0.15, 0.2) is 24.3 Å². The highest BCUT2D eigenvalue weighted by Gasteiger charge is 2.56. The fraction of sp³-hybridized carbons (Fsp3) is 0.583. The number of aromatic nitrogens is 2. The molecular formula is C24H29N5O3. The normalized spacial score (nSPS) is 29.7. The summed E-state index contributed by atoms with van der Waals surface area (Å²) >= 11 is 0. The second-order valence-electron chi connectivity index (χ2n) is 10.3. The van der Waals surface area contributed by atoms with Crippen LogP contribution in [0.25, 0.3) is 10.9 Å². The van der Waals surface area contributed by atoms with E-state index in [-0.39, 0.29) is 36.1 Å². The van der Waals surface area contributed by atoms with Crippen molar-refractivity contribution < 1.29 is 14.4 Å². The van der Waals surface area contributed by atoms with Gasteiger partial charge in [0.25, 0.3) is 5.91 Å². The van der Waals surface area contributed by atoms with Crippen LogP contribution >= 0.6 is 0 Å². The zero-order chi connectivity index (χ0) is 22.0. The second-order valence-corrected chi connectivity index (χ2v) is 10.3. The highest BCUT2D eigenvalue weighted by atomic mass is 16.2. The first-order chi connectivity index (χ1) is 15.4. The predicted octanol–water partition coefficient (Wildman–Crippen LogP) is 1.96. The lowest BCUT2D eigenvalue weighted by Gasteiger charge is -2.33. The molecule has 4 fully saturated rings. The molecule has 6 rings (SSSR count). The number of primary amides is 1. The van der Waals surface area contributed by atoms with Gasteiger partial charge in [-0.05, 0) is 62.3 Å². The molecule has 168 valence electrons.